The summed E-state index contributed by atoms with van der Waals surface area (Å²) < 4.78 is 7.66. The van der Waals surface area contributed by atoms with E-state index in [0.717, 1.165) is 28.0 Å². The molecule has 5 heteroatoms. The second-order valence-corrected chi connectivity index (χ2v) is 7.06. The number of hydrogen-bond acceptors (Lipinski definition) is 4. The molecule has 0 spiro atoms. The standard InChI is InChI=1S/C21H19N3OS/c1-15-8-3-5-10-17(15)14-26-21-23-22-20(19-12-7-13-25-19)24(21)18-11-6-4-9-16(18)2/h3-13H,14H2,1-2H3. The first-order chi connectivity index (χ1) is 12.7. The average Bonchev–Trinajstić information content (AvgIpc) is 3.31. The van der Waals surface area contributed by atoms with Crippen molar-refractivity contribution < 1.29 is 4.42 Å². The lowest BCUT2D eigenvalue weighted by atomic mass is 10.1. The number of aromatic nitrogens is 3. The third-order valence-corrected chi connectivity index (χ3v) is 5.33. The van der Waals surface area contributed by atoms with Gasteiger partial charge in [0.15, 0.2) is 10.9 Å². The molecule has 0 radical (unpaired) electrons. The second-order valence-electron chi connectivity index (χ2n) is 6.12. The van der Waals surface area contributed by atoms with Crippen LogP contribution in [0.5, 0.6) is 0 Å². The molecule has 130 valence electrons. The summed E-state index contributed by atoms with van der Waals surface area (Å²) in [7, 11) is 0. The highest BCUT2D eigenvalue weighted by atomic mass is 32.2. The van der Waals surface area contributed by atoms with Crippen molar-refractivity contribution in [1.29, 1.82) is 0 Å². The molecule has 0 fully saturated rings. The normalized spacial score (nSPS) is 11.0. The van der Waals surface area contributed by atoms with E-state index in [-0.39, 0.29) is 0 Å². The number of para-hydroxylation sites is 1. The smallest absolute Gasteiger partial charge is 0.205 e. The fourth-order valence-corrected chi connectivity index (χ4v) is 3.90. The zero-order chi connectivity index (χ0) is 17.9. The highest BCUT2D eigenvalue weighted by molar-refractivity contribution is 7.98. The number of hydrogen-bond donors (Lipinski definition) is 0. The fourth-order valence-electron chi connectivity index (χ4n) is 2.87. The van der Waals surface area contributed by atoms with E-state index in [0.29, 0.717) is 5.76 Å². The van der Waals surface area contributed by atoms with Crippen LogP contribution >= 0.6 is 11.8 Å². The molecule has 0 amide bonds. The predicted octanol–water partition coefficient (Wildman–Crippen LogP) is 5.44. The van der Waals surface area contributed by atoms with Crippen LogP contribution in [0.15, 0.2) is 76.5 Å². The minimum Gasteiger partial charge on any atom is -0.461 e. The van der Waals surface area contributed by atoms with E-state index in [4.69, 9.17) is 4.42 Å². The molecule has 0 atom stereocenters. The van der Waals surface area contributed by atoms with Gasteiger partial charge in [0.05, 0.1) is 12.0 Å². The van der Waals surface area contributed by atoms with Gasteiger partial charge in [-0.2, -0.15) is 0 Å². The largest absolute Gasteiger partial charge is 0.461 e. The Labute approximate surface area is 156 Å². The van der Waals surface area contributed by atoms with Crippen LogP contribution in [0.1, 0.15) is 16.7 Å². The van der Waals surface area contributed by atoms with Gasteiger partial charge in [-0.3, -0.25) is 4.57 Å². The Morgan fingerprint density at radius 2 is 1.65 bits per heavy atom. The molecule has 0 aliphatic rings. The molecule has 0 aliphatic carbocycles. The van der Waals surface area contributed by atoms with E-state index in [1.807, 2.05) is 24.3 Å². The Hall–Kier alpha value is -2.79. The predicted molar refractivity (Wildman–Crippen MR) is 105 cm³/mol. The minimum atomic E-state index is 0.712. The van der Waals surface area contributed by atoms with E-state index < -0.39 is 0 Å². The van der Waals surface area contributed by atoms with E-state index in [9.17, 15) is 0 Å². The Kier molecular flexibility index (Phi) is 4.63. The molecule has 26 heavy (non-hydrogen) atoms. The summed E-state index contributed by atoms with van der Waals surface area (Å²) in [6, 6.07) is 20.5. The lowest BCUT2D eigenvalue weighted by Crippen LogP contribution is -2.01. The van der Waals surface area contributed by atoms with Crippen molar-refractivity contribution in [2.24, 2.45) is 0 Å². The maximum atomic E-state index is 5.58. The summed E-state index contributed by atoms with van der Waals surface area (Å²) in [6.07, 6.45) is 1.66. The van der Waals surface area contributed by atoms with Crippen molar-refractivity contribution in [2.45, 2.75) is 24.8 Å². The SMILES string of the molecule is Cc1ccccc1CSc1nnc(-c2ccco2)n1-c1ccccc1C. The van der Waals surface area contributed by atoms with Gasteiger partial charge in [-0.25, -0.2) is 0 Å². The van der Waals surface area contributed by atoms with E-state index in [1.54, 1.807) is 18.0 Å². The van der Waals surface area contributed by atoms with Crippen LogP contribution in [0.4, 0.5) is 0 Å². The van der Waals surface area contributed by atoms with E-state index >= 15 is 0 Å². The summed E-state index contributed by atoms with van der Waals surface area (Å²) in [6.45, 7) is 4.23. The molecule has 4 rings (SSSR count). The van der Waals surface area contributed by atoms with Crippen LogP contribution in [0, 0.1) is 13.8 Å². The van der Waals surface area contributed by atoms with Gasteiger partial charge < -0.3 is 4.42 Å². The molecule has 0 saturated carbocycles. The van der Waals surface area contributed by atoms with Crippen LogP contribution in [-0.2, 0) is 5.75 Å². The van der Waals surface area contributed by atoms with Crippen molar-refractivity contribution in [3.05, 3.63) is 83.6 Å². The maximum Gasteiger partial charge on any atom is 0.205 e. The van der Waals surface area contributed by atoms with Gasteiger partial charge in [-0.15, -0.1) is 10.2 Å². The Balaban J connectivity index is 1.76. The monoisotopic (exact) mass is 361 g/mol. The third kappa shape index (κ3) is 3.18. The number of nitrogens with zero attached hydrogens (tertiary/aromatic N) is 3. The van der Waals surface area contributed by atoms with Crippen molar-refractivity contribution in [2.75, 3.05) is 0 Å². The lowest BCUT2D eigenvalue weighted by Gasteiger charge is -2.12. The van der Waals surface area contributed by atoms with Crippen LogP contribution in [0.3, 0.4) is 0 Å². The first kappa shape index (κ1) is 16.7. The van der Waals surface area contributed by atoms with Crippen LogP contribution in [0.25, 0.3) is 17.3 Å². The minimum absolute atomic E-state index is 0.712. The maximum absolute atomic E-state index is 5.58. The van der Waals surface area contributed by atoms with Crippen LogP contribution in [0.2, 0.25) is 0 Å². The molecule has 0 aliphatic heterocycles. The summed E-state index contributed by atoms with van der Waals surface area (Å²) in [5.74, 6) is 2.27. The topological polar surface area (TPSA) is 43.9 Å². The van der Waals surface area contributed by atoms with Crippen molar-refractivity contribution in [1.82, 2.24) is 14.8 Å². The lowest BCUT2D eigenvalue weighted by molar-refractivity contribution is 0.575. The molecular formula is C21H19N3OS. The second kappa shape index (κ2) is 7.22. The average molecular weight is 361 g/mol. The molecule has 0 unspecified atom stereocenters. The number of rotatable bonds is 5. The zero-order valence-corrected chi connectivity index (χ0v) is 15.5. The van der Waals surface area contributed by atoms with Crippen molar-refractivity contribution in [3.8, 4) is 17.3 Å². The Bertz CT molecular complexity index is 1020. The van der Waals surface area contributed by atoms with E-state index in [2.05, 4.69) is 65.0 Å². The number of aryl methyl sites for hydroxylation is 2. The molecule has 2 heterocycles. The molecular weight excluding hydrogens is 342 g/mol. The van der Waals surface area contributed by atoms with Gasteiger partial charge in [0.1, 0.15) is 0 Å². The quantitative estimate of drug-likeness (QED) is 0.444. The van der Waals surface area contributed by atoms with Gasteiger partial charge in [0, 0.05) is 5.75 Å². The summed E-state index contributed by atoms with van der Waals surface area (Å²) in [5.41, 5.74) is 4.82. The summed E-state index contributed by atoms with van der Waals surface area (Å²) in [4.78, 5) is 0. The highest BCUT2D eigenvalue weighted by Gasteiger charge is 2.19. The van der Waals surface area contributed by atoms with Gasteiger partial charge in [0.2, 0.25) is 5.82 Å². The van der Waals surface area contributed by atoms with Crippen LogP contribution in [-0.4, -0.2) is 14.8 Å². The fraction of sp³-hybridized carbons (Fsp3) is 0.143. The van der Waals surface area contributed by atoms with Crippen molar-refractivity contribution >= 4 is 11.8 Å². The number of benzene rings is 2. The molecule has 0 bridgehead atoms. The Morgan fingerprint density at radius 3 is 2.38 bits per heavy atom. The molecule has 4 aromatic rings. The molecule has 2 aromatic carbocycles. The molecule has 0 saturated heterocycles. The van der Waals surface area contributed by atoms with Gasteiger partial charge in [-0.1, -0.05) is 54.2 Å². The zero-order valence-electron chi connectivity index (χ0n) is 14.7. The summed E-state index contributed by atoms with van der Waals surface area (Å²) in [5, 5.41) is 9.71. The van der Waals surface area contributed by atoms with Gasteiger partial charge in [0.25, 0.3) is 0 Å². The first-order valence-electron chi connectivity index (χ1n) is 8.46. The molecule has 4 nitrogen and oxygen atoms in total. The number of furan rings is 1. The van der Waals surface area contributed by atoms with Crippen molar-refractivity contribution in [3.63, 3.8) is 0 Å². The Morgan fingerprint density at radius 1 is 0.885 bits per heavy atom. The molecule has 0 N–H and O–H groups in total. The number of thioether (sulfide) groups is 1. The molecule has 2 aromatic heterocycles. The first-order valence-corrected chi connectivity index (χ1v) is 9.45. The van der Waals surface area contributed by atoms with E-state index in [1.165, 1.54) is 11.1 Å². The van der Waals surface area contributed by atoms with Gasteiger partial charge in [-0.05, 0) is 48.7 Å². The summed E-state index contributed by atoms with van der Waals surface area (Å²) >= 11 is 1.68. The van der Waals surface area contributed by atoms with Gasteiger partial charge >= 0.3 is 0 Å². The third-order valence-electron chi connectivity index (χ3n) is 4.35. The highest BCUT2D eigenvalue weighted by Crippen LogP contribution is 2.31. The van der Waals surface area contributed by atoms with Crippen LogP contribution < -0.4 is 0 Å².